The molecule has 1 amide bonds. The molecule has 1 aliphatic heterocycles. The number of benzene rings is 1. The van der Waals surface area contributed by atoms with Crippen LogP contribution in [0.4, 0.5) is 11.4 Å². The lowest BCUT2D eigenvalue weighted by Crippen LogP contribution is -2.38. The van der Waals surface area contributed by atoms with Gasteiger partial charge < -0.3 is 20.7 Å². The van der Waals surface area contributed by atoms with Crippen molar-refractivity contribution in [2.75, 3.05) is 36.9 Å². The minimum absolute atomic E-state index is 0.0506. The number of carbonyl (C=O) groups is 1. The van der Waals surface area contributed by atoms with E-state index in [2.05, 4.69) is 10.2 Å². The number of nitrogens with two attached hydrogens (primary N) is 1. The molecule has 5 heteroatoms. The highest BCUT2D eigenvalue weighted by molar-refractivity contribution is 5.72. The second kappa shape index (κ2) is 7.20. The molecule has 2 rings (SSSR count). The predicted molar refractivity (Wildman–Crippen MR) is 85.6 cm³/mol. The average molecular weight is 291 g/mol. The van der Waals surface area contributed by atoms with E-state index < -0.39 is 0 Å². The van der Waals surface area contributed by atoms with Crippen LogP contribution in [0.1, 0.15) is 26.7 Å². The molecule has 1 fully saturated rings. The number of nitrogen functional groups attached to an aromatic ring is 1. The molecule has 1 aromatic carbocycles. The zero-order chi connectivity index (χ0) is 15.2. The predicted octanol–water partition coefficient (Wildman–Crippen LogP) is 2.02. The van der Waals surface area contributed by atoms with Gasteiger partial charge in [-0.05, 0) is 31.7 Å². The summed E-state index contributed by atoms with van der Waals surface area (Å²) in [6, 6.07) is 5.90. The second-order valence-corrected chi connectivity index (χ2v) is 5.56. The van der Waals surface area contributed by atoms with Crippen molar-refractivity contribution in [3.8, 4) is 5.75 Å². The van der Waals surface area contributed by atoms with Crippen LogP contribution in [0.25, 0.3) is 0 Å². The van der Waals surface area contributed by atoms with Crippen molar-refractivity contribution in [3.63, 3.8) is 0 Å². The molecule has 0 unspecified atom stereocenters. The molecule has 0 spiro atoms. The summed E-state index contributed by atoms with van der Waals surface area (Å²) in [4.78, 5) is 13.3. The van der Waals surface area contributed by atoms with E-state index in [0.717, 1.165) is 49.6 Å². The SMILES string of the molecule is CCOc1cc(N)cc(N2CCC(CNC(C)=O)CC2)c1. The topological polar surface area (TPSA) is 67.6 Å². The normalized spacial score (nSPS) is 15.8. The van der Waals surface area contributed by atoms with Gasteiger partial charge in [-0.25, -0.2) is 0 Å². The zero-order valence-corrected chi connectivity index (χ0v) is 12.9. The Hall–Kier alpha value is -1.91. The number of anilines is 2. The summed E-state index contributed by atoms with van der Waals surface area (Å²) < 4.78 is 5.55. The number of nitrogens with one attached hydrogen (secondary N) is 1. The molecule has 1 aromatic rings. The van der Waals surface area contributed by atoms with Gasteiger partial charge in [0.05, 0.1) is 6.61 Å². The molecular weight excluding hydrogens is 266 g/mol. The minimum atomic E-state index is 0.0506. The van der Waals surface area contributed by atoms with Crippen LogP contribution in [0.15, 0.2) is 18.2 Å². The molecule has 0 saturated carbocycles. The number of rotatable bonds is 5. The van der Waals surface area contributed by atoms with Crippen molar-refractivity contribution in [1.82, 2.24) is 5.32 Å². The summed E-state index contributed by atoms with van der Waals surface area (Å²) in [5, 5.41) is 2.91. The van der Waals surface area contributed by atoms with E-state index in [9.17, 15) is 4.79 Å². The first-order valence-corrected chi connectivity index (χ1v) is 7.61. The molecule has 1 heterocycles. The third-order valence-corrected chi connectivity index (χ3v) is 3.84. The molecule has 1 aliphatic rings. The first-order chi connectivity index (χ1) is 10.1. The number of piperidine rings is 1. The van der Waals surface area contributed by atoms with Crippen LogP contribution in [-0.2, 0) is 4.79 Å². The molecule has 1 saturated heterocycles. The maximum absolute atomic E-state index is 11.0. The van der Waals surface area contributed by atoms with Crippen molar-refractivity contribution in [3.05, 3.63) is 18.2 Å². The highest BCUT2D eigenvalue weighted by Crippen LogP contribution is 2.29. The molecule has 0 bridgehead atoms. The molecule has 0 radical (unpaired) electrons. The summed E-state index contributed by atoms with van der Waals surface area (Å²) in [5.41, 5.74) is 7.80. The fourth-order valence-electron chi connectivity index (χ4n) is 2.72. The van der Waals surface area contributed by atoms with Crippen LogP contribution < -0.4 is 20.7 Å². The highest BCUT2D eigenvalue weighted by atomic mass is 16.5. The van der Waals surface area contributed by atoms with E-state index in [1.54, 1.807) is 6.92 Å². The Morgan fingerprint density at radius 1 is 1.38 bits per heavy atom. The van der Waals surface area contributed by atoms with Crippen LogP contribution in [0, 0.1) is 5.92 Å². The Bertz CT molecular complexity index is 482. The van der Waals surface area contributed by atoms with E-state index in [4.69, 9.17) is 10.5 Å². The quantitative estimate of drug-likeness (QED) is 0.815. The highest BCUT2D eigenvalue weighted by Gasteiger charge is 2.20. The Labute approximate surface area is 126 Å². The van der Waals surface area contributed by atoms with Gasteiger partial charge in [-0.15, -0.1) is 0 Å². The van der Waals surface area contributed by atoms with Gasteiger partial charge in [0.2, 0.25) is 5.91 Å². The molecule has 21 heavy (non-hydrogen) atoms. The fraction of sp³-hybridized carbons (Fsp3) is 0.562. The van der Waals surface area contributed by atoms with E-state index in [0.29, 0.717) is 12.5 Å². The summed E-state index contributed by atoms with van der Waals surface area (Å²) in [6.45, 7) is 6.93. The molecule has 5 nitrogen and oxygen atoms in total. The molecular formula is C16H25N3O2. The monoisotopic (exact) mass is 291 g/mol. The first-order valence-electron chi connectivity index (χ1n) is 7.61. The fourth-order valence-corrected chi connectivity index (χ4v) is 2.72. The standard InChI is InChI=1S/C16H25N3O2/c1-3-21-16-9-14(17)8-15(10-16)19-6-4-13(5-7-19)11-18-12(2)20/h8-10,13H,3-7,11,17H2,1-2H3,(H,18,20). The number of amides is 1. The van der Waals surface area contributed by atoms with Gasteiger partial charge in [0.15, 0.2) is 0 Å². The maximum atomic E-state index is 11.0. The van der Waals surface area contributed by atoms with Crippen LogP contribution in [0.5, 0.6) is 5.75 Å². The maximum Gasteiger partial charge on any atom is 0.216 e. The lowest BCUT2D eigenvalue weighted by atomic mass is 9.96. The molecule has 116 valence electrons. The molecule has 0 atom stereocenters. The Morgan fingerprint density at radius 3 is 2.71 bits per heavy atom. The summed E-state index contributed by atoms with van der Waals surface area (Å²) in [7, 11) is 0. The molecule has 3 N–H and O–H groups in total. The Balaban J connectivity index is 1.94. The lowest BCUT2D eigenvalue weighted by Gasteiger charge is -2.34. The summed E-state index contributed by atoms with van der Waals surface area (Å²) in [6.07, 6.45) is 2.16. The zero-order valence-electron chi connectivity index (χ0n) is 12.9. The van der Waals surface area contributed by atoms with E-state index >= 15 is 0 Å². The van der Waals surface area contributed by atoms with Gasteiger partial charge in [-0.3, -0.25) is 4.79 Å². The third-order valence-electron chi connectivity index (χ3n) is 3.84. The number of nitrogens with zero attached hydrogens (tertiary/aromatic N) is 1. The van der Waals surface area contributed by atoms with E-state index in [1.807, 2.05) is 25.1 Å². The van der Waals surface area contributed by atoms with Crippen LogP contribution >= 0.6 is 0 Å². The van der Waals surface area contributed by atoms with E-state index in [-0.39, 0.29) is 5.91 Å². The number of hydrogen-bond acceptors (Lipinski definition) is 4. The van der Waals surface area contributed by atoms with Gasteiger partial charge in [-0.2, -0.15) is 0 Å². The van der Waals surface area contributed by atoms with Crippen LogP contribution in [-0.4, -0.2) is 32.1 Å². The van der Waals surface area contributed by atoms with Gasteiger partial charge >= 0.3 is 0 Å². The van der Waals surface area contributed by atoms with Crippen molar-refractivity contribution in [2.24, 2.45) is 5.92 Å². The summed E-state index contributed by atoms with van der Waals surface area (Å²) >= 11 is 0. The van der Waals surface area contributed by atoms with Crippen molar-refractivity contribution in [2.45, 2.75) is 26.7 Å². The smallest absolute Gasteiger partial charge is 0.216 e. The summed E-state index contributed by atoms with van der Waals surface area (Å²) in [5.74, 6) is 1.44. The average Bonchev–Trinajstić information content (AvgIpc) is 2.45. The van der Waals surface area contributed by atoms with Crippen molar-refractivity contribution >= 4 is 17.3 Å². The van der Waals surface area contributed by atoms with Gasteiger partial charge in [0.25, 0.3) is 0 Å². The number of carbonyl (C=O) groups excluding carboxylic acids is 1. The molecule has 0 aromatic heterocycles. The van der Waals surface area contributed by atoms with Crippen LogP contribution in [0.2, 0.25) is 0 Å². The lowest BCUT2D eigenvalue weighted by molar-refractivity contribution is -0.119. The largest absolute Gasteiger partial charge is 0.494 e. The van der Waals surface area contributed by atoms with Crippen LogP contribution in [0.3, 0.4) is 0 Å². The number of hydrogen-bond donors (Lipinski definition) is 2. The minimum Gasteiger partial charge on any atom is -0.494 e. The van der Waals surface area contributed by atoms with Crippen molar-refractivity contribution in [1.29, 1.82) is 0 Å². The Morgan fingerprint density at radius 2 is 2.10 bits per heavy atom. The number of ether oxygens (including phenoxy) is 1. The second-order valence-electron chi connectivity index (χ2n) is 5.56. The van der Waals surface area contributed by atoms with Gasteiger partial charge in [-0.1, -0.05) is 0 Å². The molecule has 0 aliphatic carbocycles. The third kappa shape index (κ3) is 4.55. The van der Waals surface area contributed by atoms with Crippen molar-refractivity contribution < 1.29 is 9.53 Å². The van der Waals surface area contributed by atoms with Gasteiger partial charge in [0.1, 0.15) is 5.75 Å². The first kappa shape index (κ1) is 15.5. The Kier molecular flexibility index (Phi) is 5.31. The van der Waals surface area contributed by atoms with Gasteiger partial charge in [0, 0.05) is 50.1 Å². The van der Waals surface area contributed by atoms with E-state index in [1.165, 1.54) is 0 Å².